The molecule has 0 saturated heterocycles. The van der Waals surface area contributed by atoms with Gasteiger partial charge in [0.15, 0.2) is 0 Å². The predicted octanol–water partition coefficient (Wildman–Crippen LogP) is 4.16. The molecular formula is C25H28N6O3S2. The molecule has 3 heterocycles. The maximum Gasteiger partial charge on any atom is 0.248 e. The van der Waals surface area contributed by atoms with Gasteiger partial charge in [-0.15, -0.1) is 32.9 Å². The molecule has 4 rings (SSSR count). The third kappa shape index (κ3) is 6.35. The molecule has 36 heavy (non-hydrogen) atoms. The highest BCUT2D eigenvalue weighted by Gasteiger charge is 2.34. The molecule has 0 aliphatic heterocycles. The van der Waals surface area contributed by atoms with Gasteiger partial charge in [0.05, 0.1) is 13.7 Å². The van der Waals surface area contributed by atoms with Crippen LogP contribution in [0.2, 0.25) is 0 Å². The lowest BCUT2D eigenvalue weighted by Crippen LogP contribution is -2.49. The van der Waals surface area contributed by atoms with Crippen LogP contribution in [-0.4, -0.2) is 49.6 Å². The highest BCUT2D eigenvalue weighted by Crippen LogP contribution is 2.29. The molecule has 0 aliphatic carbocycles. The van der Waals surface area contributed by atoms with Crippen LogP contribution in [0.3, 0.4) is 0 Å². The summed E-state index contributed by atoms with van der Waals surface area (Å²) in [7, 11) is 1.60. The number of hydrogen-bond acceptors (Lipinski definition) is 8. The average molecular weight is 525 g/mol. The lowest BCUT2D eigenvalue weighted by Gasteiger charge is -2.32. The van der Waals surface area contributed by atoms with E-state index in [1.54, 1.807) is 12.0 Å². The average Bonchev–Trinajstić information content (AvgIpc) is 3.61. The Labute approximate surface area is 217 Å². The number of thiophene rings is 2. The Kier molecular flexibility index (Phi) is 7.80. The maximum absolute atomic E-state index is 13.7. The Morgan fingerprint density at radius 3 is 2.42 bits per heavy atom. The minimum absolute atomic E-state index is 0.154. The number of benzene rings is 1. The second-order valence-corrected chi connectivity index (χ2v) is 11.1. The predicted molar refractivity (Wildman–Crippen MR) is 140 cm³/mol. The second kappa shape index (κ2) is 11.0. The van der Waals surface area contributed by atoms with E-state index in [-0.39, 0.29) is 24.9 Å². The molecule has 0 spiro atoms. The van der Waals surface area contributed by atoms with E-state index in [4.69, 9.17) is 4.74 Å². The fourth-order valence-corrected chi connectivity index (χ4v) is 5.12. The van der Waals surface area contributed by atoms with E-state index in [0.717, 1.165) is 21.1 Å². The fourth-order valence-electron chi connectivity index (χ4n) is 3.58. The van der Waals surface area contributed by atoms with E-state index in [1.165, 1.54) is 27.5 Å². The molecule has 188 valence electrons. The first-order chi connectivity index (χ1) is 17.2. The van der Waals surface area contributed by atoms with Crippen LogP contribution in [0.1, 0.15) is 36.6 Å². The molecule has 0 fully saturated rings. The molecular weight excluding hydrogens is 496 g/mol. The monoisotopic (exact) mass is 524 g/mol. The number of nitrogens with one attached hydrogen (secondary N) is 1. The zero-order chi connectivity index (χ0) is 25.7. The summed E-state index contributed by atoms with van der Waals surface area (Å²) in [5.74, 6) is 0.596. The van der Waals surface area contributed by atoms with E-state index in [0.29, 0.717) is 5.82 Å². The zero-order valence-electron chi connectivity index (χ0n) is 20.5. The normalized spacial score (nSPS) is 12.2. The van der Waals surface area contributed by atoms with Gasteiger partial charge >= 0.3 is 0 Å². The van der Waals surface area contributed by atoms with Crippen molar-refractivity contribution < 1.29 is 14.3 Å². The Morgan fingerprint density at radius 1 is 1.08 bits per heavy atom. The molecule has 0 bridgehead atoms. The van der Waals surface area contributed by atoms with Crippen molar-refractivity contribution in [1.82, 2.24) is 30.4 Å². The molecule has 1 aromatic carbocycles. The lowest BCUT2D eigenvalue weighted by atomic mass is 10.1. The molecule has 9 nitrogen and oxygen atoms in total. The Hall–Kier alpha value is -3.57. The van der Waals surface area contributed by atoms with Gasteiger partial charge in [-0.25, -0.2) is 0 Å². The minimum Gasteiger partial charge on any atom is -0.497 e. The van der Waals surface area contributed by atoms with Gasteiger partial charge in [0.2, 0.25) is 17.6 Å². The summed E-state index contributed by atoms with van der Waals surface area (Å²) in [6.07, 6.45) is 0. The first kappa shape index (κ1) is 25.5. The van der Waals surface area contributed by atoms with Gasteiger partial charge in [-0.2, -0.15) is 4.80 Å². The van der Waals surface area contributed by atoms with Crippen molar-refractivity contribution in [3.63, 3.8) is 0 Å². The molecule has 0 saturated carbocycles. The van der Waals surface area contributed by atoms with Crippen molar-refractivity contribution in [2.75, 3.05) is 7.11 Å². The highest BCUT2D eigenvalue weighted by atomic mass is 32.1. The fraction of sp³-hybridized carbons (Fsp3) is 0.320. The van der Waals surface area contributed by atoms with Crippen molar-refractivity contribution in [1.29, 1.82) is 0 Å². The van der Waals surface area contributed by atoms with Crippen molar-refractivity contribution in [2.45, 2.75) is 45.4 Å². The standard InChI is InChI=1S/C25H28N6O3S2/c1-25(2,3)26-24(33)22(20-8-6-14-36-20)30(15-19-7-5-13-35-19)21(32)16-31-28-23(27-29-31)17-9-11-18(34-4)12-10-17/h5-14,22H,15-16H2,1-4H3,(H,26,33)/t22-/m1/s1. The Morgan fingerprint density at radius 2 is 1.81 bits per heavy atom. The van der Waals surface area contributed by atoms with E-state index in [1.807, 2.05) is 80.1 Å². The minimum atomic E-state index is -0.789. The van der Waals surface area contributed by atoms with Gasteiger partial charge < -0.3 is 15.0 Å². The number of methoxy groups -OCH3 is 1. The summed E-state index contributed by atoms with van der Waals surface area (Å²) < 4.78 is 5.19. The number of carbonyl (C=O) groups is 2. The molecule has 0 aliphatic rings. The summed E-state index contributed by atoms with van der Waals surface area (Å²) in [6, 6.07) is 14.1. The summed E-state index contributed by atoms with van der Waals surface area (Å²) in [6.45, 7) is 5.89. The second-order valence-electron chi connectivity index (χ2n) is 9.13. The van der Waals surface area contributed by atoms with Gasteiger partial charge in [0, 0.05) is 20.9 Å². The van der Waals surface area contributed by atoms with Crippen molar-refractivity contribution in [3.8, 4) is 17.1 Å². The first-order valence-corrected chi connectivity index (χ1v) is 13.1. The van der Waals surface area contributed by atoms with Crippen molar-refractivity contribution >= 4 is 34.5 Å². The van der Waals surface area contributed by atoms with E-state index >= 15 is 0 Å². The van der Waals surface area contributed by atoms with Crippen molar-refractivity contribution in [2.24, 2.45) is 0 Å². The molecule has 1 N–H and O–H groups in total. The van der Waals surface area contributed by atoms with Crippen LogP contribution in [0.4, 0.5) is 0 Å². The number of rotatable bonds is 9. The molecule has 1 atom stereocenters. The molecule has 3 aromatic heterocycles. The number of amides is 2. The molecule has 11 heteroatoms. The first-order valence-electron chi connectivity index (χ1n) is 11.3. The Bertz CT molecular complexity index is 1280. The number of nitrogens with zero attached hydrogens (tertiary/aromatic N) is 5. The SMILES string of the molecule is COc1ccc(-c2nnn(CC(=O)N(Cc3cccs3)[C@@H](C(=O)NC(C)(C)C)c3cccs3)n2)cc1. The molecule has 0 radical (unpaired) electrons. The number of ether oxygens (including phenoxy) is 1. The van der Waals surface area contributed by atoms with Gasteiger partial charge in [-0.05, 0) is 73.1 Å². The number of carbonyl (C=O) groups excluding carboxylic acids is 2. The lowest BCUT2D eigenvalue weighted by molar-refractivity contribution is -0.142. The van der Waals surface area contributed by atoms with Crippen LogP contribution in [0.25, 0.3) is 11.4 Å². The van der Waals surface area contributed by atoms with Crippen LogP contribution in [0.15, 0.2) is 59.3 Å². The number of aromatic nitrogens is 4. The third-order valence-electron chi connectivity index (χ3n) is 5.18. The van der Waals surface area contributed by atoms with E-state index in [2.05, 4.69) is 20.7 Å². The molecule has 4 aromatic rings. The van der Waals surface area contributed by atoms with Crippen LogP contribution in [0.5, 0.6) is 5.75 Å². The van der Waals surface area contributed by atoms with Gasteiger partial charge in [0.1, 0.15) is 18.3 Å². The quantitative estimate of drug-likeness (QED) is 0.353. The number of hydrogen-bond donors (Lipinski definition) is 1. The van der Waals surface area contributed by atoms with Gasteiger partial charge in [0.25, 0.3) is 0 Å². The van der Waals surface area contributed by atoms with Gasteiger partial charge in [-0.3, -0.25) is 9.59 Å². The summed E-state index contributed by atoms with van der Waals surface area (Å²) in [4.78, 5) is 31.8. The molecule has 2 amide bonds. The van der Waals surface area contributed by atoms with E-state index in [9.17, 15) is 9.59 Å². The van der Waals surface area contributed by atoms with Crippen molar-refractivity contribution in [3.05, 3.63) is 69.0 Å². The summed E-state index contributed by atoms with van der Waals surface area (Å²) in [5.41, 5.74) is 0.302. The number of tetrazole rings is 1. The largest absolute Gasteiger partial charge is 0.497 e. The molecule has 0 unspecified atom stereocenters. The summed E-state index contributed by atoms with van der Waals surface area (Å²) >= 11 is 2.98. The summed E-state index contributed by atoms with van der Waals surface area (Å²) in [5, 5.41) is 19.5. The van der Waals surface area contributed by atoms with Gasteiger partial charge in [-0.1, -0.05) is 12.1 Å². The van der Waals surface area contributed by atoms with Crippen LogP contribution < -0.4 is 10.1 Å². The van der Waals surface area contributed by atoms with Crippen LogP contribution in [-0.2, 0) is 22.7 Å². The zero-order valence-corrected chi connectivity index (χ0v) is 22.2. The van der Waals surface area contributed by atoms with E-state index < -0.39 is 11.6 Å². The maximum atomic E-state index is 13.7. The highest BCUT2D eigenvalue weighted by molar-refractivity contribution is 7.10. The smallest absolute Gasteiger partial charge is 0.248 e. The third-order valence-corrected chi connectivity index (χ3v) is 6.96. The van der Waals surface area contributed by atoms with Crippen LogP contribution in [0, 0.1) is 0 Å². The van der Waals surface area contributed by atoms with Crippen LogP contribution >= 0.6 is 22.7 Å². The Balaban J connectivity index is 1.61. The topological polar surface area (TPSA) is 102 Å².